The van der Waals surface area contributed by atoms with Crippen molar-refractivity contribution >= 4 is 12.6 Å². The predicted octanol–water partition coefficient (Wildman–Crippen LogP) is 0.128. The number of nitrogens with zero attached hydrogens (tertiary/aromatic N) is 1. The van der Waals surface area contributed by atoms with Crippen molar-refractivity contribution in [1.29, 1.82) is 0 Å². The number of hydrogen-bond donors (Lipinski definition) is 1. The second-order valence-corrected chi connectivity index (χ2v) is 0.967. The second kappa shape index (κ2) is 5.14. The maximum absolute atomic E-state index is 9.45. The molecule has 1 amide bonds. The van der Waals surface area contributed by atoms with Gasteiger partial charge < -0.3 is 0 Å². The van der Waals surface area contributed by atoms with Gasteiger partial charge in [0.1, 0.15) is 0 Å². The highest BCUT2D eigenvalue weighted by atomic mass is 16.1. The third-order valence-electron chi connectivity index (χ3n) is 0.401. The Morgan fingerprint density at radius 3 is 3.00 bits per heavy atom. The Bertz CT molecular complexity index is 70.1. The van der Waals surface area contributed by atoms with Gasteiger partial charge >= 0.3 is 0 Å². The van der Waals surface area contributed by atoms with E-state index >= 15 is 0 Å². The van der Waals surface area contributed by atoms with Crippen molar-refractivity contribution in [2.75, 3.05) is 0 Å². The van der Waals surface area contributed by atoms with E-state index in [0.717, 1.165) is 6.42 Å². The fraction of sp³-hybridized carbons (Fsp3) is 0.500. The van der Waals surface area contributed by atoms with Crippen molar-refractivity contribution in [3.05, 3.63) is 0 Å². The van der Waals surface area contributed by atoms with Gasteiger partial charge in [-0.15, -0.1) is 0 Å². The summed E-state index contributed by atoms with van der Waals surface area (Å²) >= 11 is 0. The molecule has 0 saturated heterocycles. The van der Waals surface area contributed by atoms with Crippen molar-refractivity contribution in [3.8, 4) is 0 Å². The van der Waals surface area contributed by atoms with Gasteiger partial charge in [-0.2, -0.15) is 5.10 Å². The Hall–Kier alpha value is -0.860. The van der Waals surface area contributed by atoms with Gasteiger partial charge in [-0.25, -0.2) is 0 Å². The van der Waals surface area contributed by atoms with E-state index in [2.05, 4.69) is 10.5 Å². The Balaban J connectivity index is 2.92. The third-order valence-corrected chi connectivity index (χ3v) is 0.401. The minimum Gasteiger partial charge on any atom is -0.277 e. The summed E-state index contributed by atoms with van der Waals surface area (Å²) in [6.45, 7) is 1.94. The van der Waals surface area contributed by atoms with Crippen molar-refractivity contribution in [2.24, 2.45) is 5.10 Å². The predicted molar refractivity (Wildman–Crippen MR) is 28.0 cm³/mol. The average Bonchev–Trinajstić information content (AvgIpc) is 1.69. The van der Waals surface area contributed by atoms with Crippen LogP contribution in [0.3, 0.4) is 0 Å². The maximum Gasteiger partial charge on any atom is 0.227 e. The van der Waals surface area contributed by atoms with Gasteiger partial charge in [0, 0.05) is 6.21 Å². The van der Waals surface area contributed by atoms with E-state index in [4.69, 9.17) is 0 Å². The normalized spacial score (nSPS) is 9.29. The van der Waals surface area contributed by atoms with Crippen LogP contribution in [0.25, 0.3) is 0 Å². The van der Waals surface area contributed by atoms with E-state index in [1.54, 1.807) is 6.21 Å². The van der Waals surface area contributed by atoms with E-state index in [1.165, 1.54) is 0 Å². The number of carbonyl (C=O) groups excluding carboxylic acids is 1. The summed E-state index contributed by atoms with van der Waals surface area (Å²) in [5.74, 6) is 0. The Morgan fingerprint density at radius 1 is 1.86 bits per heavy atom. The molecule has 1 N–H and O–H groups in total. The highest BCUT2D eigenvalue weighted by molar-refractivity contribution is 5.58. The molecule has 0 radical (unpaired) electrons. The van der Waals surface area contributed by atoms with Crippen molar-refractivity contribution < 1.29 is 4.79 Å². The smallest absolute Gasteiger partial charge is 0.227 e. The molecule has 0 aromatic rings. The fourth-order valence-corrected chi connectivity index (χ4v) is 0.174. The third kappa shape index (κ3) is 5.14. The van der Waals surface area contributed by atoms with Crippen LogP contribution in [-0.2, 0) is 4.79 Å². The molecule has 0 rings (SSSR count). The molecule has 0 spiro atoms. The van der Waals surface area contributed by atoms with Crippen LogP contribution >= 0.6 is 0 Å². The average molecular weight is 100 g/mol. The lowest BCUT2D eigenvalue weighted by Gasteiger charge is -1.78. The fourth-order valence-electron chi connectivity index (χ4n) is 0.174. The molecule has 0 bridgehead atoms. The molecule has 0 aliphatic heterocycles. The molecule has 0 aliphatic rings. The van der Waals surface area contributed by atoms with Crippen LogP contribution in [0.1, 0.15) is 13.3 Å². The minimum atomic E-state index is 0.534. The molecule has 0 atom stereocenters. The zero-order valence-electron chi connectivity index (χ0n) is 4.22. The monoisotopic (exact) mass is 100 g/mol. The Kier molecular flexibility index (Phi) is 4.51. The molecule has 0 unspecified atom stereocenters. The molecular formula is C4H8N2O. The van der Waals surface area contributed by atoms with Crippen LogP contribution < -0.4 is 5.43 Å². The Morgan fingerprint density at radius 2 is 2.57 bits per heavy atom. The van der Waals surface area contributed by atoms with Gasteiger partial charge in [-0.1, -0.05) is 6.92 Å². The molecule has 0 aromatic carbocycles. The molecular weight excluding hydrogens is 92.1 g/mol. The number of hydrogen-bond acceptors (Lipinski definition) is 2. The number of amides is 1. The van der Waals surface area contributed by atoms with E-state index in [9.17, 15) is 4.79 Å². The standard InChI is InChI=1S/C4H8N2O/c1-2-3-5-6-4-7/h3-4H,2H2,1H3,(H,6,7)/b5-3+. The van der Waals surface area contributed by atoms with Gasteiger partial charge in [0.25, 0.3) is 0 Å². The molecule has 0 heterocycles. The van der Waals surface area contributed by atoms with Crippen LogP contribution in [-0.4, -0.2) is 12.6 Å². The second-order valence-electron chi connectivity index (χ2n) is 0.967. The van der Waals surface area contributed by atoms with Crippen molar-refractivity contribution in [2.45, 2.75) is 13.3 Å². The van der Waals surface area contributed by atoms with Gasteiger partial charge in [-0.05, 0) is 6.42 Å². The quantitative estimate of drug-likeness (QED) is 0.305. The highest BCUT2D eigenvalue weighted by Crippen LogP contribution is 1.61. The largest absolute Gasteiger partial charge is 0.277 e. The highest BCUT2D eigenvalue weighted by Gasteiger charge is 1.62. The van der Waals surface area contributed by atoms with Crippen LogP contribution in [0.15, 0.2) is 5.10 Å². The van der Waals surface area contributed by atoms with Gasteiger partial charge in [0.2, 0.25) is 6.41 Å². The van der Waals surface area contributed by atoms with Crippen LogP contribution in [0, 0.1) is 0 Å². The summed E-state index contributed by atoms with van der Waals surface area (Å²) in [6, 6.07) is 0. The van der Waals surface area contributed by atoms with E-state index in [-0.39, 0.29) is 0 Å². The zero-order valence-corrected chi connectivity index (χ0v) is 4.22. The summed E-state index contributed by atoms with van der Waals surface area (Å²) in [4.78, 5) is 9.45. The van der Waals surface area contributed by atoms with Gasteiger partial charge in [-0.3, -0.25) is 10.2 Å². The number of rotatable bonds is 3. The Labute approximate surface area is 42.4 Å². The number of nitrogens with one attached hydrogen (secondary N) is 1. The molecule has 3 heteroatoms. The van der Waals surface area contributed by atoms with E-state index in [0.29, 0.717) is 6.41 Å². The first-order valence-corrected chi connectivity index (χ1v) is 2.12. The summed E-state index contributed by atoms with van der Waals surface area (Å²) in [5.41, 5.74) is 2.14. The first-order chi connectivity index (χ1) is 3.41. The molecule has 0 saturated carbocycles. The first kappa shape index (κ1) is 6.14. The van der Waals surface area contributed by atoms with Crippen LogP contribution in [0.5, 0.6) is 0 Å². The number of carbonyl (C=O) groups is 1. The van der Waals surface area contributed by atoms with E-state index < -0.39 is 0 Å². The summed E-state index contributed by atoms with van der Waals surface area (Å²) in [6.07, 6.45) is 3.00. The molecule has 0 aliphatic carbocycles. The summed E-state index contributed by atoms with van der Waals surface area (Å²) in [7, 11) is 0. The lowest BCUT2D eigenvalue weighted by molar-refractivity contribution is -0.109. The summed E-state index contributed by atoms with van der Waals surface area (Å²) < 4.78 is 0. The lowest BCUT2D eigenvalue weighted by Crippen LogP contribution is -1.99. The van der Waals surface area contributed by atoms with Crippen molar-refractivity contribution in [1.82, 2.24) is 5.43 Å². The van der Waals surface area contributed by atoms with Crippen LogP contribution in [0.4, 0.5) is 0 Å². The first-order valence-electron chi connectivity index (χ1n) is 2.12. The maximum atomic E-state index is 9.45. The van der Waals surface area contributed by atoms with Gasteiger partial charge in [0.05, 0.1) is 0 Å². The van der Waals surface area contributed by atoms with Crippen LogP contribution in [0.2, 0.25) is 0 Å². The zero-order chi connectivity index (χ0) is 5.54. The topological polar surface area (TPSA) is 41.5 Å². The summed E-state index contributed by atoms with van der Waals surface area (Å²) in [5, 5.41) is 3.47. The SMILES string of the molecule is CC/C=N/NC=O. The molecule has 0 aromatic heterocycles. The van der Waals surface area contributed by atoms with E-state index in [1.807, 2.05) is 6.92 Å². The molecule has 3 nitrogen and oxygen atoms in total. The molecule has 0 fully saturated rings. The molecule has 7 heavy (non-hydrogen) atoms. The number of hydrazone groups is 1. The van der Waals surface area contributed by atoms with Crippen molar-refractivity contribution in [3.63, 3.8) is 0 Å². The minimum absolute atomic E-state index is 0.534. The molecule has 40 valence electrons. The lowest BCUT2D eigenvalue weighted by atomic mass is 10.6. The van der Waals surface area contributed by atoms with Gasteiger partial charge in [0.15, 0.2) is 0 Å².